The Kier molecular flexibility index (Phi) is 5.16. The molecule has 0 bridgehead atoms. The number of thioether (sulfide) groups is 1. The number of methoxy groups -OCH3 is 1. The third-order valence-electron chi connectivity index (χ3n) is 4.36. The van der Waals surface area contributed by atoms with Crippen molar-refractivity contribution in [3.05, 3.63) is 29.8 Å². The van der Waals surface area contributed by atoms with E-state index in [0.29, 0.717) is 5.92 Å². The summed E-state index contributed by atoms with van der Waals surface area (Å²) in [5.74, 6) is 2.48. The number of ether oxygens (including phenoxy) is 1. The first kappa shape index (κ1) is 16.2. The van der Waals surface area contributed by atoms with E-state index in [1.165, 1.54) is 5.56 Å². The van der Waals surface area contributed by atoms with Gasteiger partial charge >= 0.3 is 11.1 Å². The van der Waals surface area contributed by atoms with Gasteiger partial charge in [0.1, 0.15) is 0 Å². The predicted molar refractivity (Wildman–Crippen MR) is 98.9 cm³/mol. The standard InChI is InChI=1S/C17H24N4OS/c1-12-6-4-5-7-14(12)19-16(20-17-18-8-9-23-17)21-10-13(2)15(11-21)22-3/h4-7,13,15H,8-11H2,1-3H3,(H,18,19,20)/p+1. The number of guanidine groups is 1. The molecule has 2 aliphatic heterocycles. The number of hydrogen-bond donors (Lipinski definition) is 2. The van der Waals surface area contributed by atoms with Crippen LogP contribution in [-0.2, 0) is 4.74 Å². The molecule has 2 unspecified atom stereocenters. The van der Waals surface area contributed by atoms with Gasteiger partial charge in [0, 0.05) is 18.8 Å². The monoisotopic (exact) mass is 333 g/mol. The number of para-hydroxylation sites is 1. The van der Waals surface area contributed by atoms with Gasteiger partial charge in [0.05, 0.1) is 31.4 Å². The van der Waals surface area contributed by atoms with Crippen molar-refractivity contribution in [2.45, 2.75) is 20.0 Å². The third kappa shape index (κ3) is 3.83. The van der Waals surface area contributed by atoms with Gasteiger partial charge < -0.3 is 10.1 Å². The number of nitrogens with one attached hydrogen (secondary N) is 2. The van der Waals surface area contributed by atoms with Crippen molar-refractivity contribution in [1.29, 1.82) is 0 Å². The minimum Gasteiger partial charge on any atom is -0.378 e. The second-order valence-corrected chi connectivity index (χ2v) is 7.20. The number of benzene rings is 1. The maximum absolute atomic E-state index is 5.60. The highest BCUT2D eigenvalue weighted by Crippen LogP contribution is 2.20. The van der Waals surface area contributed by atoms with Crippen LogP contribution in [-0.4, -0.2) is 54.6 Å². The molecule has 2 N–H and O–H groups in total. The smallest absolute Gasteiger partial charge is 0.378 e. The van der Waals surface area contributed by atoms with Gasteiger partial charge in [-0.25, -0.2) is 4.67 Å². The molecule has 0 amide bonds. The lowest BCUT2D eigenvalue weighted by Gasteiger charge is -2.14. The Hall–Kier alpha value is -1.62. The van der Waals surface area contributed by atoms with Crippen molar-refractivity contribution < 1.29 is 4.74 Å². The SMILES string of the molecule is COC1CN(C(=[N+]=C2NCCS2)Nc2ccccc2C)CC1C. The first-order chi connectivity index (χ1) is 11.2. The summed E-state index contributed by atoms with van der Waals surface area (Å²) < 4.78 is 10.4. The van der Waals surface area contributed by atoms with Crippen molar-refractivity contribution in [2.24, 2.45) is 5.92 Å². The zero-order chi connectivity index (χ0) is 16.2. The number of amidine groups is 1. The van der Waals surface area contributed by atoms with Crippen LogP contribution in [0.15, 0.2) is 24.3 Å². The summed E-state index contributed by atoms with van der Waals surface area (Å²) in [6.45, 7) is 7.15. The topological polar surface area (TPSA) is 50.6 Å². The molecule has 23 heavy (non-hydrogen) atoms. The lowest BCUT2D eigenvalue weighted by Crippen LogP contribution is -2.38. The minimum absolute atomic E-state index is 0.257. The maximum atomic E-state index is 5.60. The number of nitrogens with zero attached hydrogens (tertiary/aromatic N) is 2. The highest BCUT2D eigenvalue weighted by molar-refractivity contribution is 8.14. The molecule has 6 heteroatoms. The second kappa shape index (κ2) is 7.30. The molecule has 1 aromatic carbocycles. The van der Waals surface area contributed by atoms with Gasteiger partial charge in [0.2, 0.25) is 0 Å². The molecule has 2 atom stereocenters. The molecule has 0 aromatic heterocycles. The molecule has 3 rings (SSSR count). The summed E-state index contributed by atoms with van der Waals surface area (Å²) in [4.78, 5) is 2.29. The number of hydrogen-bond acceptors (Lipinski definition) is 2. The fourth-order valence-electron chi connectivity index (χ4n) is 2.95. The molecule has 124 valence electrons. The number of anilines is 1. The van der Waals surface area contributed by atoms with Crippen molar-refractivity contribution in [1.82, 2.24) is 14.9 Å². The van der Waals surface area contributed by atoms with Gasteiger partial charge in [-0.2, -0.15) is 0 Å². The van der Waals surface area contributed by atoms with E-state index < -0.39 is 0 Å². The van der Waals surface area contributed by atoms with Crippen molar-refractivity contribution >= 4 is 28.6 Å². The minimum atomic E-state index is 0.257. The van der Waals surface area contributed by atoms with E-state index in [1.54, 1.807) is 18.9 Å². The van der Waals surface area contributed by atoms with Gasteiger partial charge in [0.15, 0.2) is 0 Å². The van der Waals surface area contributed by atoms with Gasteiger partial charge in [-0.15, -0.1) is 0 Å². The molecule has 1 aromatic rings. The summed E-state index contributed by atoms with van der Waals surface area (Å²) in [7, 11) is 1.79. The van der Waals surface area contributed by atoms with Gasteiger partial charge in [-0.3, -0.25) is 10.2 Å². The highest BCUT2D eigenvalue weighted by Gasteiger charge is 2.36. The van der Waals surface area contributed by atoms with Crippen molar-refractivity contribution in [3.63, 3.8) is 0 Å². The quantitative estimate of drug-likeness (QED) is 0.488. The van der Waals surface area contributed by atoms with Gasteiger partial charge in [-0.05, 0) is 30.3 Å². The van der Waals surface area contributed by atoms with Crippen LogP contribution in [0.2, 0.25) is 0 Å². The molecule has 2 aliphatic rings. The van der Waals surface area contributed by atoms with E-state index in [0.717, 1.165) is 42.2 Å². The number of aryl methyl sites for hydroxylation is 1. The van der Waals surface area contributed by atoms with Crippen LogP contribution in [0.1, 0.15) is 12.5 Å². The van der Waals surface area contributed by atoms with Crippen LogP contribution in [0, 0.1) is 12.8 Å². The average molecular weight is 333 g/mol. The Labute approximate surface area is 142 Å². The molecule has 2 fully saturated rings. The molecule has 0 spiro atoms. The normalized spacial score (nSPS) is 23.6. The molecule has 2 heterocycles. The van der Waals surface area contributed by atoms with E-state index in [9.17, 15) is 0 Å². The van der Waals surface area contributed by atoms with Gasteiger partial charge in [0.25, 0.3) is 0 Å². The molecular weight excluding hydrogens is 308 g/mol. The van der Waals surface area contributed by atoms with Crippen molar-refractivity contribution in [2.75, 3.05) is 37.8 Å². The second-order valence-electron chi connectivity index (χ2n) is 6.11. The summed E-state index contributed by atoms with van der Waals surface area (Å²) in [5, 5.41) is 7.86. The van der Waals surface area contributed by atoms with Crippen LogP contribution in [0.4, 0.5) is 5.69 Å². The molecule has 2 saturated heterocycles. The summed E-state index contributed by atoms with van der Waals surface area (Å²) in [5.41, 5.74) is 2.32. The molecular formula is C17H25N4OS+. The lowest BCUT2D eigenvalue weighted by atomic mass is 10.1. The summed E-state index contributed by atoms with van der Waals surface area (Å²) in [6, 6.07) is 8.31. The highest BCUT2D eigenvalue weighted by atomic mass is 32.2. The van der Waals surface area contributed by atoms with E-state index in [-0.39, 0.29) is 6.10 Å². The Morgan fingerprint density at radius 3 is 2.87 bits per heavy atom. The number of rotatable bonds is 2. The Balaban J connectivity index is 1.89. The largest absolute Gasteiger partial charge is 0.402 e. The van der Waals surface area contributed by atoms with Crippen LogP contribution >= 0.6 is 11.8 Å². The Morgan fingerprint density at radius 2 is 2.22 bits per heavy atom. The van der Waals surface area contributed by atoms with E-state index in [2.05, 4.69) is 47.6 Å². The van der Waals surface area contributed by atoms with Gasteiger partial charge in [-0.1, -0.05) is 25.1 Å². The summed E-state index contributed by atoms with van der Waals surface area (Å²) >= 11 is 1.77. The lowest BCUT2D eigenvalue weighted by molar-refractivity contribution is 0.0866. The maximum Gasteiger partial charge on any atom is 0.402 e. The van der Waals surface area contributed by atoms with Crippen LogP contribution in [0.25, 0.3) is 0 Å². The molecule has 0 saturated carbocycles. The van der Waals surface area contributed by atoms with Crippen LogP contribution in [0.3, 0.4) is 0 Å². The first-order valence-corrected chi connectivity index (χ1v) is 9.08. The van der Waals surface area contributed by atoms with Crippen molar-refractivity contribution in [3.8, 4) is 0 Å². The average Bonchev–Trinajstić information content (AvgIpc) is 3.18. The van der Waals surface area contributed by atoms with E-state index in [4.69, 9.17) is 9.40 Å². The fraction of sp³-hybridized carbons (Fsp3) is 0.529. The Morgan fingerprint density at radius 1 is 1.39 bits per heavy atom. The fourth-order valence-corrected chi connectivity index (χ4v) is 3.71. The zero-order valence-corrected chi connectivity index (χ0v) is 14.8. The molecule has 0 aliphatic carbocycles. The van der Waals surface area contributed by atoms with Crippen LogP contribution < -0.4 is 15.3 Å². The summed E-state index contributed by atoms with van der Waals surface area (Å²) in [6.07, 6.45) is 0.257. The number of likely N-dealkylation sites (tertiary alicyclic amines) is 1. The molecule has 5 nitrogen and oxygen atoms in total. The van der Waals surface area contributed by atoms with E-state index in [1.807, 2.05) is 6.07 Å². The van der Waals surface area contributed by atoms with Crippen LogP contribution in [0.5, 0.6) is 0 Å². The zero-order valence-electron chi connectivity index (χ0n) is 14.0. The first-order valence-electron chi connectivity index (χ1n) is 8.10. The molecule has 0 radical (unpaired) electrons. The Bertz CT molecular complexity index is 619. The van der Waals surface area contributed by atoms with E-state index >= 15 is 0 Å². The third-order valence-corrected chi connectivity index (χ3v) is 5.28. The predicted octanol–water partition coefficient (Wildman–Crippen LogP) is 1.49.